The Morgan fingerprint density at radius 2 is 0.956 bits per heavy atom. The molecule has 0 unspecified atom stereocenters. The summed E-state index contributed by atoms with van der Waals surface area (Å²) in [7, 11) is 0. The van der Waals surface area contributed by atoms with Gasteiger partial charge in [-0.3, -0.25) is 4.57 Å². The summed E-state index contributed by atoms with van der Waals surface area (Å²) in [4.78, 5) is 0. The monoisotopic (exact) mass is 574 g/mol. The van der Waals surface area contributed by atoms with Gasteiger partial charge in [0.15, 0.2) is 0 Å². The molecular weight excluding hydrogens is 548 g/mol. The molecular formula is C42H26N2O. The minimum atomic E-state index is 0.880. The number of hydrogen-bond acceptors (Lipinski definition) is 1. The van der Waals surface area contributed by atoms with Crippen LogP contribution in [0.4, 0.5) is 0 Å². The van der Waals surface area contributed by atoms with Crippen LogP contribution < -0.4 is 0 Å². The largest absolute Gasteiger partial charge is 0.439 e. The van der Waals surface area contributed by atoms with Crippen LogP contribution in [0.3, 0.4) is 0 Å². The number of hydrogen-bond donors (Lipinski definition) is 0. The zero-order chi connectivity index (χ0) is 29.5. The topological polar surface area (TPSA) is 23.0 Å². The van der Waals surface area contributed by atoms with E-state index in [0.29, 0.717) is 0 Å². The van der Waals surface area contributed by atoms with Gasteiger partial charge in [-0.15, -0.1) is 0 Å². The summed E-state index contributed by atoms with van der Waals surface area (Å²) in [6.45, 7) is 0. The molecule has 0 spiro atoms. The van der Waals surface area contributed by atoms with Gasteiger partial charge in [-0.05, 0) is 82.6 Å². The molecule has 10 rings (SSSR count). The van der Waals surface area contributed by atoms with Gasteiger partial charge in [-0.1, -0.05) is 97.1 Å². The first-order valence-electron chi connectivity index (χ1n) is 15.4. The number of nitrogens with zero attached hydrogens (tertiary/aromatic N) is 2. The normalized spacial score (nSPS) is 12.0. The second kappa shape index (κ2) is 9.22. The third-order valence-electron chi connectivity index (χ3n) is 9.30. The summed E-state index contributed by atoms with van der Waals surface area (Å²) < 4.78 is 11.3. The van der Waals surface area contributed by atoms with E-state index in [4.69, 9.17) is 4.42 Å². The molecule has 0 aliphatic heterocycles. The van der Waals surface area contributed by atoms with Crippen LogP contribution in [0.2, 0.25) is 0 Å². The molecule has 0 saturated heterocycles. The van der Waals surface area contributed by atoms with E-state index in [1.54, 1.807) is 0 Å². The van der Waals surface area contributed by atoms with E-state index >= 15 is 0 Å². The summed E-state index contributed by atoms with van der Waals surface area (Å²) in [5.74, 6) is 0. The highest BCUT2D eigenvalue weighted by Crippen LogP contribution is 2.40. The fourth-order valence-electron chi connectivity index (χ4n) is 7.26. The zero-order valence-electron chi connectivity index (χ0n) is 24.3. The Morgan fingerprint density at radius 1 is 0.378 bits per heavy atom. The molecule has 45 heavy (non-hydrogen) atoms. The molecule has 0 fully saturated rings. The van der Waals surface area contributed by atoms with Gasteiger partial charge in [-0.2, -0.15) is 0 Å². The first-order valence-corrected chi connectivity index (χ1v) is 15.4. The lowest BCUT2D eigenvalue weighted by Gasteiger charge is -2.10. The van der Waals surface area contributed by atoms with Gasteiger partial charge < -0.3 is 8.98 Å². The Labute approximate surface area is 258 Å². The Bertz CT molecular complexity index is 2710. The number of furan rings is 1. The maximum Gasteiger partial charge on any atom is 0.213 e. The number of rotatable bonds is 3. The van der Waals surface area contributed by atoms with Crippen LogP contribution in [-0.4, -0.2) is 9.13 Å². The molecule has 0 atom stereocenters. The van der Waals surface area contributed by atoms with Gasteiger partial charge in [0.25, 0.3) is 0 Å². The van der Waals surface area contributed by atoms with E-state index in [9.17, 15) is 0 Å². The molecule has 0 saturated carbocycles. The number of benzene rings is 7. The van der Waals surface area contributed by atoms with Crippen LogP contribution in [0, 0.1) is 0 Å². The van der Waals surface area contributed by atoms with Gasteiger partial charge in [0.2, 0.25) is 5.71 Å². The van der Waals surface area contributed by atoms with Crippen molar-refractivity contribution >= 4 is 65.6 Å². The average molecular weight is 575 g/mol. The standard InChI is InChI=1S/C42H26N2O/c1-2-10-31(11-3-1)44-39-17-9-6-14-35(39)41-36-23-21-30(26-40(36)45-42(41)44)27-18-19-29-25-32(22-20-28(29)24-27)43-37-15-7-4-12-33(37)34-13-5-8-16-38(34)43/h1-26H. The third-order valence-corrected chi connectivity index (χ3v) is 9.30. The lowest BCUT2D eigenvalue weighted by molar-refractivity contribution is 0.645. The first-order chi connectivity index (χ1) is 22.3. The molecule has 0 aliphatic rings. The molecule has 3 heterocycles. The fourth-order valence-corrected chi connectivity index (χ4v) is 7.26. The lowest BCUT2D eigenvalue weighted by atomic mass is 9.99. The van der Waals surface area contributed by atoms with E-state index in [-0.39, 0.29) is 0 Å². The average Bonchev–Trinajstić information content (AvgIpc) is 3.74. The quantitative estimate of drug-likeness (QED) is 0.206. The van der Waals surface area contributed by atoms with Crippen molar-refractivity contribution in [3.63, 3.8) is 0 Å². The molecule has 210 valence electrons. The molecule has 3 aromatic heterocycles. The summed E-state index contributed by atoms with van der Waals surface area (Å²) in [6, 6.07) is 56.5. The molecule has 0 bridgehead atoms. The van der Waals surface area contributed by atoms with E-state index in [1.165, 1.54) is 49.2 Å². The molecule has 0 N–H and O–H groups in total. The fraction of sp³-hybridized carbons (Fsp3) is 0. The molecule has 7 aromatic carbocycles. The Hall–Kier alpha value is -6.06. The van der Waals surface area contributed by atoms with Crippen LogP contribution in [0.15, 0.2) is 162 Å². The maximum absolute atomic E-state index is 6.66. The third kappa shape index (κ3) is 3.52. The van der Waals surface area contributed by atoms with Crippen molar-refractivity contribution in [1.82, 2.24) is 9.13 Å². The minimum Gasteiger partial charge on any atom is -0.439 e. The van der Waals surface area contributed by atoms with Gasteiger partial charge in [0, 0.05) is 32.9 Å². The van der Waals surface area contributed by atoms with E-state index in [0.717, 1.165) is 38.8 Å². The van der Waals surface area contributed by atoms with Gasteiger partial charge >= 0.3 is 0 Å². The van der Waals surface area contributed by atoms with Crippen LogP contribution >= 0.6 is 0 Å². The van der Waals surface area contributed by atoms with Crippen molar-refractivity contribution in [2.24, 2.45) is 0 Å². The van der Waals surface area contributed by atoms with Crippen molar-refractivity contribution in [3.8, 4) is 22.5 Å². The Morgan fingerprint density at radius 3 is 1.71 bits per heavy atom. The smallest absolute Gasteiger partial charge is 0.213 e. The van der Waals surface area contributed by atoms with Gasteiger partial charge in [0.1, 0.15) is 5.58 Å². The van der Waals surface area contributed by atoms with Crippen molar-refractivity contribution in [2.75, 3.05) is 0 Å². The van der Waals surface area contributed by atoms with E-state index in [2.05, 4.69) is 161 Å². The van der Waals surface area contributed by atoms with E-state index < -0.39 is 0 Å². The Kier molecular flexibility index (Phi) is 5.00. The zero-order valence-corrected chi connectivity index (χ0v) is 24.3. The molecule has 0 aliphatic carbocycles. The summed E-state index contributed by atoms with van der Waals surface area (Å²) in [5.41, 5.74) is 9.95. The molecule has 3 nitrogen and oxygen atoms in total. The number of fused-ring (bicyclic) bond motifs is 9. The number of aromatic nitrogens is 2. The first kappa shape index (κ1) is 24.4. The van der Waals surface area contributed by atoms with Crippen LogP contribution in [0.5, 0.6) is 0 Å². The van der Waals surface area contributed by atoms with Crippen LogP contribution in [0.1, 0.15) is 0 Å². The highest BCUT2D eigenvalue weighted by atomic mass is 16.3. The molecule has 3 heteroatoms. The molecule has 0 amide bonds. The number of para-hydroxylation sites is 4. The lowest BCUT2D eigenvalue weighted by Crippen LogP contribution is -1.93. The second-order valence-corrected chi connectivity index (χ2v) is 11.8. The second-order valence-electron chi connectivity index (χ2n) is 11.8. The maximum atomic E-state index is 6.66. The summed E-state index contributed by atoms with van der Waals surface area (Å²) in [5, 5.41) is 8.47. The summed E-state index contributed by atoms with van der Waals surface area (Å²) >= 11 is 0. The predicted octanol–water partition coefficient (Wildman–Crippen LogP) is 11.4. The molecule has 0 radical (unpaired) electrons. The predicted molar refractivity (Wildman–Crippen MR) is 188 cm³/mol. The van der Waals surface area contributed by atoms with E-state index in [1.807, 2.05) is 6.07 Å². The van der Waals surface area contributed by atoms with Crippen molar-refractivity contribution in [3.05, 3.63) is 158 Å². The van der Waals surface area contributed by atoms with Crippen molar-refractivity contribution < 1.29 is 4.42 Å². The van der Waals surface area contributed by atoms with Crippen LogP contribution in [0.25, 0.3) is 88.1 Å². The van der Waals surface area contributed by atoms with Crippen molar-refractivity contribution in [1.29, 1.82) is 0 Å². The highest BCUT2D eigenvalue weighted by molar-refractivity contribution is 6.20. The van der Waals surface area contributed by atoms with Crippen molar-refractivity contribution in [2.45, 2.75) is 0 Å². The highest BCUT2D eigenvalue weighted by Gasteiger charge is 2.19. The summed E-state index contributed by atoms with van der Waals surface area (Å²) in [6.07, 6.45) is 0. The van der Waals surface area contributed by atoms with Gasteiger partial charge in [0.05, 0.1) is 21.9 Å². The van der Waals surface area contributed by atoms with Crippen LogP contribution in [-0.2, 0) is 0 Å². The SMILES string of the molecule is c1ccc(-n2c3ccccc3c3c4ccc(-c5ccc6cc(-n7c8ccccc8c8ccccc87)ccc6c5)cc4oc32)cc1. The molecule has 10 aromatic rings. The minimum absolute atomic E-state index is 0.880. The Balaban J connectivity index is 1.10. The van der Waals surface area contributed by atoms with Gasteiger partial charge in [-0.25, -0.2) is 0 Å².